The van der Waals surface area contributed by atoms with E-state index < -0.39 is 28.8 Å². The van der Waals surface area contributed by atoms with E-state index >= 15 is 0 Å². The first kappa shape index (κ1) is 46.9. The number of pyridine rings is 1. The monoisotopic (exact) mass is 888 g/mol. The van der Waals surface area contributed by atoms with E-state index in [9.17, 15) is 25.1 Å². The number of nitro benzene ring substituents is 1. The topological polar surface area (TPSA) is 175 Å². The number of aliphatic hydroxyl groups excluding tert-OH is 2. The molecule has 65 heavy (non-hydrogen) atoms. The van der Waals surface area contributed by atoms with Gasteiger partial charge in [0.15, 0.2) is 0 Å². The molecule has 6 atom stereocenters. The molecule has 0 radical (unpaired) electrons. The zero-order valence-electron chi connectivity index (χ0n) is 37.3. The van der Waals surface area contributed by atoms with E-state index in [1.54, 1.807) is 11.0 Å². The lowest BCUT2D eigenvalue weighted by Crippen LogP contribution is -2.70. The van der Waals surface area contributed by atoms with Crippen molar-refractivity contribution >= 4 is 17.5 Å². The highest BCUT2D eigenvalue weighted by Gasteiger charge is 2.65. The molecule has 344 valence electrons. The van der Waals surface area contributed by atoms with E-state index in [-0.39, 0.29) is 75.2 Å². The molecule has 14 nitrogen and oxygen atoms in total. The Balaban J connectivity index is 1.40. The van der Waals surface area contributed by atoms with Gasteiger partial charge < -0.3 is 34.0 Å². The van der Waals surface area contributed by atoms with Gasteiger partial charge in [0.1, 0.15) is 36.5 Å². The van der Waals surface area contributed by atoms with Crippen LogP contribution in [-0.4, -0.2) is 75.0 Å². The normalized spacial score (nSPS) is 22.4. The molecule has 1 aromatic heterocycles. The Hall–Kier alpha value is -6.09. The smallest absolute Gasteiger partial charge is 0.415 e. The van der Waals surface area contributed by atoms with Gasteiger partial charge in [-0.25, -0.2) is 4.79 Å². The standard InChI is InChI=1S/C51H60N4O10/c1-4-26-54(50(58)64-40-22-20-39(21-23-40)55(59)60)47-32-45(53-63-33-36-15-7-6-8-16-36)43-30-37(17-9-11-27-56)42(19-10-12-28-57)48-44-31-41(61-34-38-18-13-14-35(3)52-38)24-25-46(44)65-51(47,49(43)48)62-29-5-2/h5-8,13-16,18,20-25,30-31,37,42,47-49,56-57H,2,4,9-12,17,19,26-29,32-34H2,1,3H3/t37-,42+,47-,48+,49+,51+/m0/s1. The van der Waals surface area contributed by atoms with Crippen LogP contribution in [0.2, 0.25) is 0 Å². The number of oxime groups is 1. The van der Waals surface area contributed by atoms with Gasteiger partial charge in [-0.05, 0) is 104 Å². The fourth-order valence-corrected chi connectivity index (χ4v) is 9.74. The second-order valence-electron chi connectivity index (χ2n) is 16.9. The fourth-order valence-electron chi connectivity index (χ4n) is 9.74. The van der Waals surface area contributed by atoms with Gasteiger partial charge in [-0.3, -0.25) is 20.0 Å². The number of aromatic nitrogens is 1. The lowest BCUT2D eigenvalue weighted by Gasteiger charge is -2.59. The molecule has 0 bridgehead atoms. The number of amides is 1. The Labute approximate surface area is 380 Å². The molecule has 0 spiro atoms. The van der Waals surface area contributed by atoms with E-state index in [2.05, 4.69) is 23.7 Å². The Morgan fingerprint density at radius 2 is 1.74 bits per heavy atom. The number of aryl methyl sites for hydroxylation is 1. The number of rotatable bonds is 22. The van der Waals surface area contributed by atoms with Gasteiger partial charge >= 0.3 is 6.09 Å². The van der Waals surface area contributed by atoms with Crippen LogP contribution in [0.25, 0.3) is 0 Å². The highest BCUT2D eigenvalue weighted by atomic mass is 16.7. The molecule has 0 unspecified atom stereocenters. The van der Waals surface area contributed by atoms with Gasteiger partial charge in [0.25, 0.3) is 5.69 Å². The van der Waals surface area contributed by atoms with Crippen molar-refractivity contribution in [2.24, 2.45) is 22.9 Å². The highest BCUT2D eigenvalue weighted by molar-refractivity contribution is 6.03. The van der Waals surface area contributed by atoms with Crippen LogP contribution in [0, 0.1) is 34.8 Å². The van der Waals surface area contributed by atoms with Crippen molar-refractivity contribution in [2.75, 3.05) is 26.4 Å². The van der Waals surface area contributed by atoms with Crippen molar-refractivity contribution < 1.29 is 43.7 Å². The van der Waals surface area contributed by atoms with Crippen molar-refractivity contribution in [3.8, 4) is 17.2 Å². The molecule has 2 N–H and O–H groups in total. The van der Waals surface area contributed by atoms with Crippen molar-refractivity contribution in [1.82, 2.24) is 9.88 Å². The third-order valence-electron chi connectivity index (χ3n) is 12.6. The Morgan fingerprint density at radius 3 is 2.45 bits per heavy atom. The summed E-state index contributed by atoms with van der Waals surface area (Å²) in [5, 5.41) is 36.3. The number of benzene rings is 3. The van der Waals surface area contributed by atoms with Crippen LogP contribution in [0.1, 0.15) is 86.7 Å². The summed E-state index contributed by atoms with van der Waals surface area (Å²) in [6.07, 6.45) is 8.44. The van der Waals surface area contributed by atoms with Crippen LogP contribution in [0.5, 0.6) is 17.2 Å². The summed E-state index contributed by atoms with van der Waals surface area (Å²) >= 11 is 0. The van der Waals surface area contributed by atoms with E-state index in [4.69, 9.17) is 28.9 Å². The largest absolute Gasteiger partial charge is 0.487 e. The van der Waals surface area contributed by atoms with Gasteiger partial charge in [0.05, 0.1) is 28.9 Å². The first-order chi connectivity index (χ1) is 31.7. The second kappa shape index (κ2) is 22.2. The summed E-state index contributed by atoms with van der Waals surface area (Å²) in [7, 11) is 0. The summed E-state index contributed by atoms with van der Waals surface area (Å²) in [6.45, 7) is 8.91. The number of nitrogens with zero attached hydrogens (tertiary/aromatic N) is 4. The molecule has 0 saturated heterocycles. The number of carbonyl (C=O) groups is 1. The highest BCUT2D eigenvalue weighted by Crippen LogP contribution is 2.62. The van der Waals surface area contributed by atoms with Crippen molar-refractivity contribution in [1.29, 1.82) is 0 Å². The molecule has 1 saturated carbocycles. The molecule has 7 rings (SSSR count). The molecule has 3 aromatic carbocycles. The summed E-state index contributed by atoms with van der Waals surface area (Å²) in [4.78, 5) is 38.1. The van der Waals surface area contributed by atoms with Gasteiger partial charge in [0.2, 0.25) is 5.79 Å². The lowest BCUT2D eigenvalue weighted by molar-refractivity contribution is -0.384. The summed E-state index contributed by atoms with van der Waals surface area (Å²) in [5.74, 6) is -0.885. The SMILES string of the molecule is C=CCO[C@@]12Oc3ccc(OCc4cccc(C)n4)cc3[C@H]3[C@H](CCCCO)[C@@H](CCCCO)C=C(C(=NOCc4ccccc4)C[C@@H]1N(CCC)C(=O)Oc1ccc([N+](=O)[O-])cc1)[C@H]32. The minimum atomic E-state index is -1.50. The minimum Gasteiger partial charge on any atom is -0.487 e. The third kappa shape index (κ3) is 10.9. The summed E-state index contributed by atoms with van der Waals surface area (Å²) in [5.41, 5.74) is 4.98. The summed E-state index contributed by atoms with van der Waals surface area (Å²) in [6, 6.07) is 26.0. The number of hydrogen-bond donors (Lipinski definition) is 2. The predicted molar refractivity (Wildman–Crippen MR) is 246 cm³/mol. The van der Waals surface area contributed by atoms with Crippen LogP contribution in [-0.2, 0) is 22.8 Å². The minimum absolute atomic E-state index is 0.00830. The van der Waals surface area contributed by atoms with Gasteiger partial charge in [-0.2, -0.15) is 0 Å². The Morgan fingerprint density at radius 1 is 0.985 bits per heavy atom. The van der Waals surface area contributed by atoms with Crippen LogP contribution in [0.3, 0.4) is 0 Å². The molecule has 2 heterocycles. The van der Waals surface area contributed by atoms with E-state index in [0.29, 0.717) is 36.5 Å². The number of non-ortho nitro benzene ring substituents is 1. The van der Waals surface area contributed by atoms with Crippen LogP contribution >= 0.6 is 0 Å². The second-order valence-corrected chi connectivity index (χ2v) is 16.9. The van der Waals surface area contributed by atoms with Crippen molar-refractivity contribution in [3.63, 3.8) is 0 Å². The molecule has 1 aliphatic heterocycles. The molecule has 3 aliphatic rings. The Bertz CT molecular complexity index is 2300. The molecular formula is C51H60N4O10. The van der Waals surface area contributed by atoms with E-state index in [1.165, 1.54) is 24.3 Å². The number of fused-ring (bicyclic) bond motifs is 2. The van der Waals surface area contributed by atoms with Crippen LogP contribution in [0.15, 0.2) is 120 Å². The van der Waals surface area contributed by atoms with Crippen molar-refractivity contribution in [3.05, 3.63) is 148 Å². The maximum Gasteiger partial charge on any atom is 0.415 e. The number of allylic oxidation sites excluding steroid dienone is 1. The number of carbonyl (C=O) groups excluding carboxylic acids is 1. The van der Waals surface area contributed by atoms with E-state index in [0.717, 1.165) is 53.8 Å². The first-order valence-corrected chi connectivity index (χ1v) is 22.7. The number of unbranched alkanes of at least 4 members (excludes halogenated alkanes) is 2. The molecular weight excluding hydrogens is 829 g/mol. The van der Waals surface area contributed by atoms with Gasteiger partial charge in [-0.1, -0.05) is 73.5 Å². The molecule has 2 aliphatic carbocycles. The number of nitro groups is 1. The third-order valence-corrected chi connectivity index (χ3v) is 12.6. The first-order valence-electron chi connectivity index (χ1n) is 22.7. The number of hydrogen-bond acceptors (Lipinski definition) is 12. The zero-order chi connectivity index (χ0) is 45.8. The van der Waals surface area contributed by atoms with Crippen LogP contribution in [0.4, 0.5) is 10.5 Å². The van der Waals surface area contributed by atoms with Gasteiger partial charge in [0, 0.05) is 55.5 Å². The maximum atomic E-state index is 14.7. The average molecular weight is 889 g/mol. The number of ether oxygens (including phenoxy) is 4. The molecule has 1 amide bonds. The molecule has 4 aromatic rings. The fraction of sp³-hybridized carbons (Fsp3) is 0.431. The van der Waals surface area contributed by atoms with Crippen molar-refractivity contribution in [2.45, 2.75) is 96.2 Å². The maximum absolute atomic E-state index is 14.7. The predicted octanol–water partition coefficient (Wildman–Crippen LogP) is 9.62. The number of aliphatic hydroxyl groups is 2. The van der Waals surface area contributed by atoms with E-state index in [1.807, 2.05) is 74.5 Å². The zero-order valence-corrected chi connectivity index (χ0v) is 37.3. The summed E-state index contributed by atoms with van der Waals surface area (Å²) < 4.78 is 26.9. The quantitative estimate of drug-likeness (QED) is 0.0333. The average Bonchev–Trinajstić information content (AvgIpc) is 3.31. The lowest BCUT2D eigenvalue weighted by atomic mass is 9.55. The Kier molecular flexibility index (Phi) is 16.0. The molecule has 14 heteroatoms. The van der Waals surface area contributed by atoms with Gasteiger partial charge in [-0.15, -0.1) is 6.58 Å². The molecule has 1 fully saturated rings. The van der Waals surface area contributed by atoms with Crippen LogP contribution < -0.4 is 14.2 Å².